The van der Waals surface area contributed by atoms with Gasteiger partial charge in [-0.15, -0.1) is 11.3 Å². The highest BCUT2D eigenvalue weighted by Crippen LogP contribution is 2.26. The predicted octanol–water partition coefficient (Wildman–Crippen LogP) is 2.67. The summed E-state index contributed by atoms with van der Waals surface area (Å²) < 4.78 is 7.14. The average molecular weight is 380 g/mol. The van der Waals surface area contributed by atoms with Gasteiger partial charge < -0.3 is 9.64 Å². The Hall–Kier alpha value is -1.80. The molecule has 1 aliphatic heterocycles. The van der Waals surface area contributed by atoms with Gasteiger partial charge in [-0.25, -0.2) is 9.78 Å². The fraction of sp³-hybridized carbons (Fsp3) is 0.471. The Morgan fingerprint density at radius 2 is 2.20 bits per heavy atom. The van der Waals surface area contributed by atoms with Gasteiger partial charge in [-0.1, -0.05) is 0 Å². The molecule has 0 aliphatic carbocycles. The lowest BCUT2D eigenvalue weighted by atomic mass is 10.1. The van der Waals surface area contributed by atoms with Crippen LogP contribution in [0.15, 0.2) is 17.6 Å². The quantitative estimate of drug-likeness (QED) is 0.764. The molecule has 0 unspecified atom stereocenters. The van der Waals surface area contributed by atoms with Crippen molar-refractivity contribution in [3.8, 4) is 5.13 Å². The van der Waals surface area contributed by atoms with Gasteiger partial charge in [0.05, 0.1) is 12.2 Å². The number of hydrogen-bond acceptors (Lipinski definition) is 6. The van der Waals surface area contributed by atoms with Crippen molar-refractivity contribution in [1.29, 1.82) is 0 Å². The maximum absolute atomic E-state index is 13.2. The molecule has 1 aliphatic rings. The van der Waals surface area contributed by atoms with E-state index in [-0.39, 0.29) is 11.9 Å². The molecule has 0 spiro atoms. The van der Waals surface area contributed by atoms with Crippen LogP contribution in [-0.4, -0.2) is 57.0 Å². The Morgan fingerprint density at radius 3 is 2.88 bits per heavy atom. The Morgan fingerprint density at radius 1 is 1.40 bits per heavy atom. The molecule has 3 rings (SSSR count). The number of hydrogen-bond donors (Lipinski definition) is 0. The maximum atomic E-state index is 13.2. The summed E-state index contributed by atoms with van der Waals surface area (Å²) in [5.41, 5.74) is 2.42. The third-order valence-electron chi connectivity index (χ3n) is 4.22. The molecule has 1 atom stereocenters. The lowest BCUT2D eigenvalue weighted by molar-refractivity contribution is -0.147. The summed E-state index contributed by atoms with van der Waals surface area (Å²) in [7, 11) is 0. The van der Waals surface area contributed by atoms with Crippen LogP contribution in [0.25, 0.3) is 5.13 Å². The van der Waals surface area contributed by atoms with E-state index >= 15 is 0 Å². The number of aryl methyl sites for hydroxylation is 1. The van der Waals surface area contributed by atoms with E-state index in [4.69, 9.17) is 4.74 Å². The van der Waals surface area contributed by atoms with E-state index in [0.717, 1.165) is 22.3 Å². The zero-order valence-corrected chi connectivity index (χ0v) is 16.2. The van der Waals surface area contributed by atoms with E-state index < -0.39 is 6.04 Å². The molecule has 1 saturated heterocycles. The van der Waals surface area contributed by atoms with Crippen LogP contribution >= 0.6 is 23.1 Å². The largest absolute Gasteiger partial charge is 0.464 e. The second-order valence-corrected chi connectivity index (χ2v) is 7.80. The van der Waals surface area contributed by atoms with Gasteiger partial charge in [0.15, 0.2) is 5.13 Å². The van der Waals surface area contributed by atoms with Crippen molar-refractivity contribution in [1.82, 2.24) is 14.5 Å². The molecule has 134 valence electrons. The van der Waals surface area contributed by atoms with Crippen LogP contribution in [0.1, 0.15) is 28.7 Å². The lowest BCUT2D eigenvalue weighted by Gasteiger charge is -2.33. The monoisotopic (exact) mass is 379 g/mol. The van der Waals surface area contributed by atoms with E-state index in [2.05, 4.69) is 4.98 Å². The normalized spacial score (nSPS) is 17.6. The maximum Gasteiger partial charge on any atom is 0.329 e. The first-order valence-corrected chi connectivity index (χ1v) is 10.2. The standard InChI is InChI=1S/C17H21N3O3S2/c1-4-23-16(22)14-10-24-8-6-19(14)15(21)13-9-11(2)20(12(13)3)17-18-5-7-25-17/h5,7,9,14H,4,6,8,10H2,1-3H3/t14-/m1/s1. The lowest BCUT2D eigenvalue weighted by Crippen LogP contribution is -2.51. The number of amides is 1. The first kappa shape index (κ1) is 18.0. The minimum Gasteiger partial charge on any atom is -0.464 e. The van der Waals surface area contributed by atoms with Crippen molar-refractivity contribution in [2.24, 2.45) is 0 Å². The zero-order valence-electron chi connectivity index (χ0n) is 14.5. The second kappa shape index (κ2) is 7.61. The smallest absolute Gasteiger partial charge is 0.329 e. The highest BCUT2D eigenvalue weighted by molar-refractivity contribution is 7.99. The molecule has 1 fully saturated rings. The Balaban J connectivity index is 1.92. The van der Waals surface area contributed by atoms with Crippen LogP contribution in [0.5, 0.6) is 0 Å². The molecular formula is C17H21N3O3S2. The molecule has 6 nitrogen and oxygen atoms in total. The summed E-state index contributed by atoms with van der Waals surface area (Å²) >= 11 is 3.20. The third kappa shape index (κ3) is 3.46. The number of aromatic nitrogens is 2. The fourth-order valence-electron chi connectivity index (χ4n) is 3.04. The van der Waals surface area contributed by atoms with Gasteiger partial charge in [0.1, 0.15) is 6.04 Å². The highest BCUT2D eigenvalue weighted by atomic mass is 32.2. The predicted molar refractivity (Wildman–Crippen MR) is 99.7 cm³/mol. The summed E-state index contributed by atoms with van der Waals surface area (Å²) in [5, 5.41) is 2.75. The summed E-state index contributed by atoms with van der Waals surface area (Å²) in [6, 6.07) is 1.36. The number of esters is 1. The van der Waals surface area contributed by atoms with E-state index in [9.17, 15) is 9.59 Å². The van der Waals surface area contributed by atoms with E-state index in [1.165, 1.54) is 11.3 Å². The van der Waals surface area contributed by atoms with Crippen LogP contribution in [-0.2, 0) is 9.53 Å². The van der Waals surface area contributed by atoms with Gasteiger partial charge in [-0.05, 0) is 26.8 Å². The van der Waals surface area contributed by atoms with E-state index in [1.807, 2.05) is 29.9 Å². The number of ether oxygens (including phenoxy) is 1. The third-order valence-corrected chi connectivity index (χ3v) is 6.00. The van der Waals surface area contributed by atoms with E-state index in [0.29, 0.717) is 24.5 Å². The molecule has 2 aromatic rings. The van der Waals surface area contributed by atoms with Gasteiger partial charge >= 0.3 is 5.97 Å². The van der Waals surface area contributed by atoms with Crippen LogP contribution in [0.2, 0.25) is 0 Å². The van der Waals surface area contributed by atoms with Crippen molar-refractivity contribution in [2.45, 2.75) is 26.8 Å². The molecule has 1 amide bonds. The van der Waals surface area contributed by atoms with E-state index in [1.54, 1.807) is 29.8 Å². The van der Waals surface area contributed by atoms with Gasteiger partial charge in [0, 0.05) is 41.0 Å². The number of carbonyl (C=O) groups excluding carboxylic acids is 2. The van der Waals surface area contributed by atoms with Crippen LogP contribution in [0, 0.1) is 13.8 Å². The summed E-state index contributed by atoms with van der Waals surface area (Å²) in [4.78, 5) is 31.4. The minimum absolute atomic E-state index is 0.116. The molecule has 25 heavy (non-hydrogen) atoms. The summed E-state index contributed by atoms with van der Waals surface area (Å²) in [6.07, 6.45) is 1.75. The second-order valence-electron chi connectivity index (χ2n) is 5.78. The van der Waals surface area contributed by atoms with Crippen molar-refractivity contribution in [3.63, 3.8) is 0 Å². The molecular weight excluding hydrogens is 358 g/mol. The fourth-order valence-corrected chi connectivity index (χ4v) is 4.82. The number of rotatable bonds is 4. The van der Waals surface area contributed by atoms with Crippen molar-refractivity contribution >= 4 is 35.0 Å². The minimum atomic E-state index is -0.519. The first-order chi connectivity index (χ1) is 12.0. The van der Waals surface area contributed by atoms with Gasteiger partial charge in [0.25, 0.3) is 5.91 Å². The van der Waals surface area contributed by atoms with Crippen molar-refractivity contribution in [2.75, 3.05) is 24.7 Å². The molecule has 8 heteroatoms. The summed E-state index contributed by atoms with van der Waals surface area (Å²) in [5.74, 6) is 0.967. The number of thioether (sulfide) groups is 1. The summed E-state index contributed by atoms with van der Waals surface area (Å²) in [6.45, 7) is 6.52. The van der Waals surface area contributed by atoms with Gasteiger partial charge in [-0.3, -0.25) is 9.36 Å². The topological polar surface area (TPSA) is 64.4 Å². The Bertz CT molecular complexity index is 770. The van der Waals surface area contributed by atoms with Gasteiger partial charge in [-0.2, -0.15) is 11.8 Å². The zero-order chi connectivity index (χ0) is 18.0. The van der Waals surface area contributed by atoms with Crippen molar-refractivity contribution < 1.29 is 14.3 Å². The van der Waals surface area contributed by atoms with Crippen LogP contribution in [0.3, 0.4) is 0 Å². The molecule has 0 aromatic carbocycles. The first-order valence-electron chi connectivity index (χ1n) is 8.18. The molecule has 0 saturated carbocycles. The number of nitrogens with zero attached hydrogens (tertiary/aromatic N) is 3. The molecule has 0 N–H and O–H groups in total. The number of carbonyl (C=O) groups is 2. The van der Waals surface area contributed by atoms with Crippen LogP contribution in [0.4, 0.5) is 0 Å². The molecule has 0 radical (unpaired) electrons. The van der Waals surface area contributed by atoms with Crippen molar-refractivity contribution in [3.05, 3.63) is 34.6 Å². The number of thiazole rings is 1. The SMILES string of the molecule is CCOC(=O)[C@H]1CSCCN1C(=O)c1cc(C)n(-c2nccs2)c1C. The molecule has 2 aromatic heterocycles. The van der Waals surface area contributed by atoms with Crippen LogP contribution < -0.4 is 0 Å². The molecule has 0 bridgehead atoms. The van der Waals surface area contributed by atoms with Gasteiger partial charge in [0.2, 0.25) is 0 Å². The average Bonchev–Trinajstić information content (AvgIpc) is 3.22. The Labute approximate surface area is 155 Å². The Kier molecular flexibility index (Phi) is 5.48. The highest BCUT2D eigenvalue weighted by Gasteiger charge is 2.35. The molecule has 3 heterocycles.